The van der Waals surface area contributed by atoms with Gasteiger partial charge in [0, 0.05) is 19.3 Å². The van der Waals surface area contributed by atoms with E-state index in [1.165, 1.54) is 270 Å². The van der Waals surface area contributed by atoms with Gasteiger partial charge in [-0.3, -0.25) is 14.4 Å². The molecule has 6 nitrogen and oxygen atoms in total. The summed E-state index contributed by atoms with van der Waals surface area (Å²) in [6, 6.07) is 0. The zero-order chi connectivity index (χ0) is 52.2. The molecular formula is C66H126O6. The summed E-state index contributed by atoms with van der Waals surface area (Å²) >= 11 is 0. The molecular weight excluding hydrogens is 889 g/mol. The highest BCUT2D eigenvalue weighted by Gasteiger charge is 2.19. The molecule has 0 aromatic rings. The van der Waals surface area contributed by atoms with Crippen LogP contribution in [0.2, 0.25) is 0 Å². The number of rotatable bonds is 61. The quantitative estimate of drug-likeness (QED) is 0.0261. The van der Waals surface area contributed by atoms with Crippen molar-refractivity contribution in [3.63, 3.8) is 0 Å². The molecule has 0 fully saturated rings. The zero-order valence-electron chi connectivity index (χ0n) is 49.0. The van der Waals surface area contributed by atoms with E-state index >= 15 is 0 Å². The van der Waals surface area contributed by atoms with Gasteiger partial charge in [0.05, 0.1) is 0 Å². The summed E-state index contributed by atoms with van der Waals surface area (Å²) in [6.07, 6.45) is 72.9. The van der Waals surface area contributed by atoms with Gasteiger partial charge in [-0.1, -0.05) is 322 Å². The largest absolute Gasteiger partial charge is 0.462 e. The van der Waals surface area contributed by atoms with Crippen LogP contribution in [0.25, 0.3) is 0 Å². The molecule has 0 spiro atoms. The van der Waals surface area contributed by atoms with Crippen molar-refractivity contribution in [1.82, 2.24) is 0 Å². The van der Waals surface area contributed by atoms with Crippen LogP contribution in [-0.2, 0) is 28.6 Å². The van der Waals surface area contributed by atoms with E-state index in [2.05, 4.69) is 32.9 Å². The molecule has 0 N–H and O–H groups in total. The summed E-state index contributed by atoms with van der Waals surface area (Å²) < 4.78 is 16.8. The molecule has 0 aliphatic rings. The highest BCUT2D eigenvalue weighted by atomic mass is 16.6. The second kappa shape index (κ2) is 61.7. The lowest BCUT2D eigenvalue weighted by molar-refractivity contribution is -0.167. The van der Waals surface area contributed by atoms with Crippen LogP contribution in [0.15, 0.2) is 12.2 Å². The van der Waals surface area contributed by atoms with Gasteiger partial charge >= 0.3 is 17.9 Å². The topological polar surface area (TPSA) is 78.9 Å². The molecule has 0 rings (SSSR count). The lowest BCUT2D eigenvalue weighted by Crippen LogP contribution is -2.30. The maximum absolute atomic E-state index is 12.8. The standard InChI is InChI=1S/C66H126O6/c1-4-7-10-13-15-17-19-21-23-25-27-29-30-31-32-33-34-35-36-37-39-40-42-44-46-48-50-53-56-59-65(68)71-62-63(61-70-64(67)58-55-52-12-9-6-3)72-66(69)60-57-54-51-49-47-45-43-41-38-28-26-24-22-20-18-16-14-11-8-5-2/h25,27,63H,4-24,26,28-62H2,1-3H3/b27-25-. The Hall–Kier alpha value is -1.85. The molecule has 0 aliphatic heterocycles. The molecule has 72 heavy (non-hydrogen) atoms. The second-order valence-electron chi connectivity index (χ2n) is 22.4. The first-order valence-electron chi connectivity index (χ1n) is 32.7. The van der Waals surface area contributed by atoms with Crippen LogP contribution < -0.4 is 0 Å². The smallest absolute Gasteiger partial charge is 0.306 e. The number of esters is 3. The van der Waals surface area contributed by atoms with E-state index in [4.69, 9.17) is 14.2 Å². The van der Waals surface area contributed by atoms with E-state index in [1.54, 1.807) is 0 Å². The van der Waals surface area contributed by atoms with E-state index in [-0.39, 0.29) is 31.1 Å². The molecule has 0 amide bonds. The lowest BCUT2D eigenvalue weighted by Gasteiger charge is -2.18. The highest BCUT2D eigenvalue weighted by Crippen LogP contribution is 2.18. The van der Waals surface area contributed by atoms with Gasteiger partial charge in [-0.15, -0.1) is 0 Å². The van der Waals surface area contributed by atoms with E-state index < -0.39 is 6.10 Å². The Kier molecular flexibility index (Phi) is 60.1. The van der Waals surface area contributed by atoms with E-state index in [0.29, 0.717) is 19.3 Å². The minimum atomic E-state index is -0.762. The van der Waals surface area contributed by atoms with Gasteiger partial charge in [-0.25, -0.2) is 0 Å². The van der Waals surface area contributed by atoms with Gasteiger partial charge in [0.15, 0.2) is 6.10 Å². The number of hydrogen-bond acceptors (Lipinski definition) is 6. The van der Waals surface area contributed by atoms with Crippen LogP contribution in [0.4, 0.5) is 0 Å². The van der Waals surface area contributed by atoms with Gasteiger partial charge in [0.1, 0.15) is 13.2 Å². The molecule has 0 saturated carbocycles. The molecule has 0 aliphatic carbocycles. The Labute approximate surface area is 450 Å². The summed E-state index contributed by atoms with van der Waals surface area (Å²) in [4.78, 5) is 37.9. The summed E-state index contributed by atoms with van der Waals surface area (Å²) in [7, 11) is 0. The Bertz CT molecular complexity index is 1120. The maximum atomic E-state index is 12.8. The van der Waals surface area contributed by atoms with Crippen LogP contribution in [-0.4, -0.2) is 37.2 Å². The summed E-state index contributed by atoms with van der Waals surface area (Å²) in [6.45, 7) is 6.63. The van der Waals surface area contributed by atoms with Crippen molar-refractivity contribution in [3.8, 4) is 0 Å². The number of carbonyl (C=O) groups excluding carboxylic acids is 3. The van der Waals surface area contributed by atoms with Gasteiger partial charge in [-0.2, -0.15) is 0 Å². The molecule has 0 aromatic heterocycles. The minimum absolute atomic E-state index is 0.0641. The monoisotopic (exact) mass is 1010 g/mol. The molecule has 0 saturated heterocycles. The third kappa shape index (κ3) is 59.0. The maximum Gasteiger partial charge on any atom is 0.306 e. The average Bonchev–Trinajstić information content (AvgIpc) is 3.38. The minimum Gasteiger partial charge on any atom is -0.462 e. The predicted molar refractivity (Wildman–Crippen MR) is 312 cm³/mol. The number of hydrogen-bond donors (Lipinski definition) is 0. The van der Waals surface area contributed by atoms with E-state index in [1.807, 2.05) is 0 Å². The van der Waals surface area contributed by atoms with Crippen molar-refractivity contribution in [1.29, 1.82) is 0 Å². The van der Waals surface area contributed by atoms with Crippen molar-refractivity contribution >= 4 is 17.9 Å². The van der Waals surface area contributed by atoms with Crippen LogP contribution in [0.3, 0.4) is 0 Å². The molecule has 0 aromatic carbocycles. The zero-order valence-corrected chi connectivity index (χ0v) is 49.0. The van der Waals surface area contributed by atoms with Crippen molar-refractivity contribution in [3.05, 3.63) is 12.2 Å². The Morgan fingerprint density at radius 2 is 0.458 bits per heavy atom. The van der Waals surface area contributed by atoms with E-state index in [9.17, 15) is 14.4 Å². The molecule has 0 bridgehead atoms. The second-order valence-corrected chi connectivity index (χ2v) is 22.4. The van der Waals surface area contributed by atoms with Gasteiger partial charge in [0.2, 0.25) is 0 Å². The highest BCUT2D eigenvalue weighted by molar-refractivity contribution is 5.71. The number of allylic oxidation sites excluding steroid dienone is 2. The van der Waals surface area contributed by atoms with Gasteiger partial charge in [-0.05, 0) is 44.9 Å². The Morgan fingerprint density at radius 1 is 0.264 bits per heavy atom. The fourth-order valence-electron chi connectivity index (χ4n) is 10.1. The third-order valence-electron chi connectivity index (χ3n) is 15.0. The third-order valence-corrected chi connectivity index (χ3v) is 15.0. The van der Waals surface area contributed by atoms with Crippen LogP contribution in [0.5, 0.6) is 0 Å². The first-order valence-corrected chi connectivity index (χ1v) is 32.7. The van der Waals surface area contributed by atoms with Crippen LogP contribution in [0.1, 0.15) is 374 Å². The molecule has 0 heterocycles. The lowest BCUT2D eigenvalue weighted by atomic mass is 10.0. The summed E-state index contributed by atoms with van der Waals surface area (Å²) in [5, 5.41) is 0. The van der Waals surface area contributed by atoms with Crippen molar-refractivity contribution in [2.24, 2.45) is 0 Å². The van der Waals surface area contributed by atoms with Crippen molar-refractivity contribution in [2.75, 3.05) is 13.2 Å². The summed E-state index contributed by atoms with van der Waals surface area (Å²) in [5.41, 5.74) is 0. The van der Waals surface area contributed by atoms with Crippen LogP contribution in [0, 0.1) is 0 Å². The Morgan fingerprint density at radius 3 is 0.694 bits per heavy atom. The Balaban J connectivity index is 3.93. The predicted octanol–water partition coefficient (Wildman–Crippen LogP) is 22.1. The molecule has 6 heteroatoms. The fraction of sp³-hybridized carbons (Fsp3) is 0.924. The molecule has 1 unspecified atom stereocenters. The number of carbonyl (C=O) groups is 3. The average molecular weight is 1020 g/mol. The molecule has 0 radical (unpaired) electrons. The fourth-order valence-corrected chi connectivity index (χ4v) is 10.1. The van der Waals surface area contributed by atoms with Gasteiger partial charge in [0.25, 0.3) is 0 Å². The normalized spacial score (nSPS) is 12.0. The molecule has 426 valence electrons. The van der Waals surface area contributed by atoms with E-state index in [0.717, 1.165) is 64.2 Å². The first-order chi connectivity index (χ1) is 35.5. The van der Waals surface area contributed by atoms with Crippen molar-refractivity contribution in [2.45, 2.75) is 380 Å². The summed E-state index contributed by atoms with van der Waals surface area (Å²) in [5.74, 6) is -0.851. The van der Waals surface area contributed by atoms with Crippen LogP contribution >= 0.6 is 0 Å². The number of ether oxygens (including phenoxy) is 3. The first kappa shape index (κ1) is 70.1. The number of unbranched alkanes of at least 4 members (excludes halogenated alkanes) is 48. The van der Waals surface area contributed by atoms with Crippen molar-refractivity contribution < 1.29 is 28.6 Å². The molecule has 1 atom stereocenters. The SMILES string of the molecule is CCCCCCCCCC/C=C\CCCCCCCCCCCCCCCCCCCC(=O)OCC(COC(=O)CCCCCCC)OC(=O)CCCCCCCCCCCCCCCCCCCCCC. The van der Waals surface area contributed by atoms with Gasteiger partial charge < -0.3 is 14.2 Å².